The van der Waals surface area contributed by atoms with Gasteiger partial charge in [0.1, 0.15) is 5.75 Å². The Kier molecular flexibility index (Phi) is 1.66. The third kappa shape index (κ3) is 1.33. The molecule has 1 heterocycles. The summed E-state index contributed by atoms with van der Waals surface area (Å²) in [6.07, 6.45) is 0. The molecule has 0 radical (unpaired) electrons. The van der Waals surface area contributed by atoms with E-state index in [-0.39, 0.29) is 5.75 Å². The number of phenols is 1. The first-order valence-electron chi connectivity index (χ1n) is 3.53. The van der Waals surface area contributed by atoms with Crippen molar-refractivity contribution in [2.24, 2.45) is 0 Å². The highest BCUT2D eigenvalue weighted by atomic mass is 32.1. The Morgan fingerprint density at radius 2 is 2.08 bits per heavy atom. The smallest absolute Gasteiger partial charge is 0.307 e. The highest BCUT2D eigenvalue weighted by Gasteiger charge is 2.00. The van der Waals surface area contributed by atoms with Crippen LogP contribution in [0.2, 0.25) is 0 Å². The van der Waals surface area contributed by atoms with Crippen molar-refractivity contribution in [3.8, 4) is 5.75 Å². The standard InChI is InChI=1S/C8H5NO3S/c10-4-1-2-5-6(3-4)13-8(12)9-7(5)11/h1-3,10H,(H,9,11,12). The molecule has 4 nitrogen and oxygen atoms in total. The Labute approximate surface area is 76.1 Å². The van der Waals surface area contributed by atoms with Gasteiger partial charge in [-0.2, -0.15) is 0 Å². The van der Waals surface area contributed by atoms with Crippen LogP contribution in [0.5, 0.6) is 5.75 Å². The molecule has 0 bridgehead atoms. The van der Waals surface area contributed by atoms with E-state index in [1.54, 1.807) is 0 Å². The number of aromatic amines is 1. The normalized spacial score (nSPS) is 10.5. The van der Waals surface area contributed by atoms with Gasteiger partial charge in [-0.3, -0.25) is 14.6 Å². The molecule has 0 fully saturated rings. The average Bonchev–Trinajstić information content (AvgIpc) is 2.02. The lowest BCUT2D eigenvalue weighted by Crippen LogP contribution is -2.15. The fourth-order valence-corrected chi connectivity index (χ4v) is 1.86. The second-order valence-electron chi connectivity index (χ2n) is 2.52. The van der Waals surface area contributed by atoms with E-state index in [2.05, 4.69) is 4.98 Å². The van der Waals surface area contributed by atoms with Crippen molar-refractivity contribution < 1.29 is 5.11 Å². The van der Waals surface area contributed by atoms with E-state index in [4.69, 9.17) is 5.11 Å². The molecular formula is C8H5NO3S. The zero-order valence-corrected chi connectivity index (χ0v) is 7.22. The molecule has 5 heteroatoms. The molecule has 66 valence electrons. The van der Waals surface area contributed by atoms with Crippen molar-refractivity contribution in [3.63, 3.8) is 0 Å². The molecule has 2 aromatic rings. The highest BCUT2D eigenvalue weighted by molar-refractivity contribution is 7.16. The summed E-state index contributed by atoms with van der Waals surface area (Å²) < 4.78 is 0.494. The molecule has 13 heavy (non-hydrogen) atoms. The molecule has 0 aliphatic heterocycles. The molecule has 2 N–H and O–H groups in total. The van der Waals surface area contributed by atoms with Gasteiger partial charge in [0.15, 0.2) is 0 Å². The van der Waals surface area contributed by atoms with Crippen molar-refractivity contribution in [3.05, 3.63) is 38.2 Å². The summed E-state index contributed by atoms with van der Waals surface area (Å²) in [6.45, 7) is 0. The quantitative estimate of drug-likeness (QED) is 0.648. The summed E-state index contributed by atoms with van der Waals surface area (Å²) in [5.74, 6) is 0.0498. The third-order valence-electron chi connectivity index (χ3n) is 1.63. The van der Waals surface area contributed by atoms with E-state index in [0.29, 0.717) is 10.1 Å². The minimum Gasteiger partial charge on any atom is -0.508 e. The lowest BCUT2D eigenvalue weighted by molar-refractivity contribution is 0.476. The van der Waals surface area contributed by atoms with E-state index in [0.717, 1.165) is 11.3 Å². The van der Waals surface area contributed by atoms with Gasteiger partial charge in [0.05, 0.1) is 5.39 Å². The van der Waals surface area contributed by atoms with E-state index in [1.165, 1.54) is 18.2 Å². The molecule has 0 saturated heterocycles. The molecule has 0 spiro atoms. The minimum absolute atomic E-state index is 0.0498. The number of aromatic nitrogens is 1. The van der Waals surface area contributed by atoms with E-state index < -0.39 is 10.4 Å². The SMILES string of the molecule is O=c1[nH]c(=O)c2ccc(O)cc2s1. The maximum absolute atomic E-state index is 11.2. The fraction of sp³-hybridized carbons (Fsp3) is 0. The Hall–Kier alpha value is -1.62. The van der Waals surface area contributed by atoms with Gasteiger partial charge in [-0.1, -0.05) is 11.3 Å². The Balaban J connectivity index is 3.03. The summed E-state index contributed by atoms with van der Waals surface area (Å²) in [6, 6.07) is 4.30. The third-order valence-corrected chi connectivity index (χ3v) is 2.47. The highest BCUT2D eigenvalue weighted by Crippen LogP contribution is 2.17. The largest absolute Gasteiger partial charge is 0.508 e. The van der Waals surface area contributed by atoms with E-state index in [9.17, 15) is 9.59 Å². The Morgan fingerprint density at radius 1 is 1.31 bits per heavy atom. The van der Waals surface area contributed by atoms with Gasteiger partial charge < -0.3 is 5.11 Å². The van der Waals surface area contributed by atoms with Crippen LogP contribution >= 0.6 is 11.3 Å². The molecule has 2 rings (SSSR count). The number of fused-ring (bicyclic) bond motifs is 1. The molecule has 0 saturated carbocycles. The van der Waals surface area contributed by atoms with Gasteiger partial charge >= 0.3 is 4.87 Å². The molecule has 0 aliphatic rings. The summed E-state index contributed by atoms with van der Waals surface area (Å²) in [7, 11) is 0. The van der Waals surface area contributed by atoms with Crippen LogP contribution in [0.1, 0.15) is 0 Å². The number of hydrogen-bond donors (Lipinski definition) is 2. The first-order chi connectivity index (χ1) is 6.16. The summed E-state index contributed by atoms with van der Waals surface area (Å²) >= 11 is 0.899. The maximum Gasteiger partial charge on any atom is 0.307 e. The molecule has 1 aromatic carbocycles. The number of benzene rings is 1. The fourth-order valence-electron chi connectivity index (χ4n) is 1.07. The van der Waals surface area contributed by atoms with E-state index >= 15 is 0 Å². The Bertz CT molecular complexity index is 569. The topological polar surface area (TPSA) is 70.2 Å². The second-order valence-corrected chi connectivity index (χ2v) is 3.54. The average molecular weight is 195 g/mol. The second kappa shape index (κ2) is 2.70. The lowest BCUT2D eigenvalue weighted by atomic mass is 10.3. The van der Waals surface area contributed by atoms with Gasteiger partial charge in [0.25, 0.3) is 5.56 Å². The first kappa shape index (κ1) is 8.00. The minimum atomic E-state index is -0.418. The summed E-state index contributed by atoms with van der Waals surface area (Å²) in [4.78, 5) is 23.8. The van der Waals surface area contributed by atoms with Crippen LogP contribution < -0.4 is 10.4 Å². The van der Waals surface area contributed by atoms with Crippen LogP contribution in [0, 0.1) is 0 Å². The number of hydrogen-bond acceptors (Lipinski definition) is 4. The van der Waals surface area contributed by atoms with Crippen molar-refractivity contribution in [2.45, 2.75) is 0 Å². The van der Waals surface area contributed by atoms with Gasteiger partial charge in [-0.25, -0.2) is 0 Å². The number of phenolic OH excluding ortho intramolecular Hbond substituents is 1. The first-order valence-corrected chi connectivity index (χ1v) is 4.34. The van der Waals surface area contributed by atoms with Crippen LogP contribution in [-0.2, 0) is 0 Å². The van der Waals surface area contributed by atoms with Crippen LogP contribution in [0.15, 0.2) is 27.8 Å². The van der Waals surface area contributed by atoms with Gasteiger partial charge in [-0.15, -0.1) is 0 Å². The van der Waals surface area contributed by atoms with Gasteiger partial charge in [0.2, 0.25) is 0 Å². The number of nitrogens with one attached hydrogen (secondary N) is 1. The predicted octanol–water partition coefficient (Wildman–Crippen LogP) is 0.655. The zero-order valence-electron chi connectivity index (χ0n) is 6.40. The number of rotatable bonds is 0. The van der Waals surface area contributed by atoms with Crippen molar-refractivity contribution in [2.75, 3.05) is 0 Å². The van der Waals surface area contributed by atoms with Crippen molar-refractivity contribution >= 4 is 21.4 Å². The predicted molar refractivity (Wildman–Crippen MR) is 50.4 cm³/mol. The summed E-state index contributed by atoms with van der Waals surface area (Å²) in [5.41, 5.74) is -0.418. The van der Waals surface area contributed by atoms with Crippen molar-refractivity contribution in [1.29, 1.82) is 0 Å². The molecular weight excluding hydrogens is 190 g/mol. The molecule has 0 unspecified atom stereocenters. The van der Waals surface area contributed by atoms with Crippen LogP contribution in [-0.4, -0.2) is 10.1 Å². The molecule has 0 aliphatic carbocycles. The summed E-state index contributed by atoms with van der Waals surface area (Å²) in [5, 5.41) is 9.52. The van der Waals surface area contributed by atoms with Crippen LogP contribution in [0.25, 0.3) is 10.1 Å². The van der Waals surface area contributed by atoms with E-state index in [1.807, 2.05) is 0 Å². The maximum atomic E-state index is 11.2. The molecule has 1 aromatic heterocycles. The molecule has 0 atom stereocenters. The number of aromatic hydroxyl groups is 1. The van der Waals surface area contributed by atoms with Crippen LogP contribution in [0.3, 0.4) is 0 Å². The van der Waals surface area contributed by atoms with Gasteiger partial charge in [-0.05, 0) is 18.2 Å². The zero-order chi connectivity index (χ0) is 9.42. The monoisotopic (exact) mass is 195 g/mol. The lowest BCUT2D eigenvalue weighted by Gasteiger charge is -1.94. The van der Waals surface area contributed by atoms with Crippen molar-refractivity contribution in [1.82, 2.24) is 4.98 Å². The van der Waals surface area contributed by atoms with Crippen LogP contribution in [0.4, 0.5) is 0 Å². The van der Waals surface area contributed by atoms with Gasteiger partial charge in [0, 0.05) is 4.70 Å². The molecule has 0 amide bonds. The Morgan fingerprint density at radius 3 is 2.85 bits per heavy atom. The number of H-pyrrole nitrogens is 1.